The van der Waals surface area contributed by atoms with Gasteiger partial charge in [-0.2, -0.15) is 0 Å². The van der Waals surface area contributed by atoms with Crippen LogP contribution in [0, 0.1) is 0 Å². The minimum Gasteiger partial charge on any atom is -0.358 e. The average Bonchev–Trinajstić information content (AvgIpc) is 2.85. The van der Waals surface area contributed by atoms with Crippen LogP contribution in [0.15, 0.2) is 18.6 Å². The number of likely N-dealkylation sites (N-methyl/N-ethyl adjacent to an activating group) is 1. The van der Waals surface area contributed by atoms with E-state index in [-0.39, 0.29) is 23.9 Å². The molecule has 2 aliphatic rings. The highest BCUT2D eigenvalue weighted by molar-refractivity contribution is 5.87. The van der Waals surface area contributed by atoms with Gasteiger partial charge >= 0.3 is 0 Å². The molecule has 2 amide bonds. The third kappa shape index (κ3) is 2.63. The second-order valence-corrected chi connectivity index (χ2v) is 5.97. The lowest BCUT2D eigenvalue weighted by Gasteiger charge is -2.45. The molecule has 3 heterocycles. The molecule has 1 N–H and O–H groups in total. The van der Waals surface area contributed by atoms with Gasteiger partial charge in [-0.25, -0.2) is 4.98 Å². The fourth-order valence-corrected chi connectivity index (χ4v) is 3.54. The molecule has 1 atom stereocenters. The predicted molar refractivity (Wildman–Crippen MR) is 81.2 cm³/mol. The molecule has 1 aromatic rings. The molecule has 22 heavy (non-hydrogen) atoms. The Kier molecular flexibility index (Phi) is 3.96. The van der Waals surface area contributed by atoms with Crippen LogP contribution in [0.3, 0.4) is 0 Å². The van der Waals surface area contributed by atoms with Gasteiger partial charge in [-0.1, -0.05) is 0 Å². The lowest BCUT2D eigenvalue weighted by atomic mass is 9.86. The van der Waals surface area contributed by atoms with Gasteiger partial charge < -0.3 is 15.1 Å². The highest BCUT2D eigenvalue weighted by Crippen LogP contribution is 2.38. The third-order valence-electron chi connectivity index (χ3n) is 4.69. The topological polar surface area (TPSA) is 78.4 Å². The zero-order valence-electron chi connectivity index (χ0n) is 12.8. The Morgan fingerprint density at radius 2 is 2.27 bits per heavy atom. The molecule has 7 heteroatoms. The maximum atomic E-state index is 12.2. The number of aromatic nitrogens is 2. The van der Waals surface area contributed by atoms with Crippen molar-refractivity contribution in [2.24, 2.45) is 0 Å². The van der Waals surface area contributed by atoms with Crippen LogP contribution in [0.4, 0.5) is 5.82 Å². The summed E-state index contributed by atoms with van der Waals surface area (Å²) >= 11 is 0. The number of piperidine rings is 1. The first-order valence-corrected chi connectivity index (χ1v) is 7.67. The number of carbonyl (C=O) groups excluding carboxylic acids is 2. The van der Waals surface area contributed by atoms with E-state index < -0.39 is 0 Å². The first kappa shape index (κ1) is 14.7. The normalized spacial score (nSPS) is 24.9. The number of hydrogen-bond acceptors (Lipinski definition) is 5. The number of carbonyl (C=O) groups is 2. The summed E-state index contributed by atoms with van der Waals surface area (Å²) in [5.74, 6) is 0.789. The van der Waals surface area contributed by atoms with Crippen LogP contribution in [0.1, 0.15) is 25.7 Å². The largest absolute Gasteiger partial charge is 0.358 e. The van der Waals surface area contributed by atoms with Gasteiger partial charge in [0.25, 0.3) is 0 Å². The van der Waals surface area contributed by atoms with E-state index in [4.69, 9.17) is 0 Å². The number of amides is 2. The van der Waals surface area contributed by atoms with Crippen molar-refractivity contribution in [2.45, 2.75) is 31.2 Å². The number of nitrogens with zero attached hydrogens (tertiary/aromatic N) is 4. The molecule has 2 aliphatic heterocycles. The first-order chi connectivity index (χ1) is 10.6. The van der Waals surface area contributed by atoms with E-state index in [0.717, 1.165) is 31.6 Å². The van der Waals surface area contributed by atoms with Crippen LogP contribution in [0.25, 0.3) is 0 Å². The molecule has 0 saturated carbocycles. The molecule has 2 saturated heterocycles. The monoisotopic (exact) mass is 303 g/mol. The second kappa shape index (κ2) is 5.90. The van der Waals surface area contributed by atoms with Crippen molar-refractivity contribution in [1.29, 1.82) is 0 Å². The van der Waals surface area contributed by atoms with E-state index in [0.29, 0.717) is 13.0 Å². The van der Waals surface area contributed by atoms with Gasteiger partial charge in [-0.15, -0.1) is 0 Å². The summed E-state index contributed by atoms with van der Waals surface area (Å²) in [5, 5.41) is 2.61. The number of anilines is 1. The highest BCUT2D eigenvalue weighted by Gasteiger charge is 2.48. The Balaban J connectivity index is 1.81. The van der Waals surface area contributed by atoms with Gasteiger partial charge in [0.15, 0.2) is 0 Å². The van der Waals surface area contributed by atoms with Crippen LogP contribution in [0.5, 0.6) is 0 Å². The summed E-state index contributed by atoms with van der Waals surface area (Å²) in [7, 11) is 1.60. The van der Waals surface area contributed by atoms with Crippen LogP contribution in [-0.4, -0.2) is 58.9 Å². The Labute approximate surface area is 129 Å². The van der Waals surface area contributed by atoms with Crippen molar-refractivity contribution in [1.82, 2.24) is 20.2 Å². The number of hydrogen-bond donors (Lipinski definition) is 1. The molecule has 2 fully saturated rings. The fraction of sp³-hybridized carbons (Fsp3) is 0.600. The van der Waals surface area contributed by atoms with Crippen molar-refractivity contribution in [2.75, 3.05) is 31.6 Å². The Morgan fingerprint density at radius 3 is 3.00 bits per heavy atom. The Hall–Kier alpha value is -2.18. The molecular weight excluding hydrogens is 282 g/mol. The molecule has 3 rings (SSSR count). The zero-order chi connectivity index (χ0) is 15.6. The van der Waals surface area contributed by atoms with Crippen molar-refractivity contribution in [3.8, 4) is 0 Å². The van der Waals surface area contributed by atoms with E-state index in [9.17, 15) is 9.59 Å². The van der Waals surface area contributed by atoms with Crippen molar-refractivity contribution in [3.05, 3.63) is 18.6 Å². The molecule has 118 valence electrons. The first-order valence-electron chi connectivity index (χ1n) is 7.67. The van der Waals surface area contributed by atoms with E-state index in [2.05, 4.69) is 20.2 Å². The summed E-state index contributed by atoms with van der Waals surface area (Å²) < 4.78 is 0. The minimum absolute atomic E-state index is 0.0737. The summed E-state index contributed by atoms with van der Waals surface area (Å²) in [5.41, 5.74) is -0.251. The highest BCUT2D eigenvalue weighted by atomic mass is 16.2. The lowest BCUT2D eigenvalue weighted by Crippen LogP contribution is -2.58. The van der Waals surface area contributed by atoms with E-state index >= 15 is 0 Å². The molecular formula is C15H21N5O2. The van der Waals surface area contributed by atoms with Crippen LogP contribution < -0.4 is 10.2 Å². The maximum absolute atomic E-state index is 12.2. The molecule has 1 unspecified atom stereocenters. The minimum atomic E-state index is -0.251. The van der Waals surface area contributed by atoms with E-state index in [1.54, 1.807) is 30.5 Å². The summed E-state index contributed by atoms with van der Waals surface area (Å²) in [6.45, 7) is 1.76. The maximum Gasteiger partial charge on any atom is 0.239 e. The molecule has 0 bridgehead atoms. The summed E-state index contributed by atoms with van der Waals surface area (Å²) in [4.78, 5) is 36.4. The molecule has 1 aromatic heterocycles. The van der Waals surface area contributed by atoms with Gasteiger partial charge in [-0.05, 0) is 19.3 Å². The molecule has 0 radical (unpaired) electrons. The number of likely N-dealkylation sites (tertiary alicyclic amines) is 1. The SMILES string of the molecule is CNC(=O)CN1C(=O)CCC12CCCN(c1cnccn1)C2. The molecule has 1 spiro atoms. The molecule has 7 nitrogen and oxygen atoms in total. The summed E-state index contributed by atoms with van der Waals surface area (Å²) in [6, 6.07) is 0. The van der Waals surface area contributed by atoms with Crippen LogP contribution in [0.2, 0.25) is 0 Å². The average molecular weight is 303 g/mol. The van der Waals surface area contributed by atoms with Crippen molar-refractivity contribution >= 4 is 17.6 Å². The molecule has 0 aromatic carbocycles. The number of rotatable bonds is 3. The number of nitrogens with one attached hydrogen (secondary N) is 1. The predicted octanol–water partition coefficient (Wildman–Crippen LogP) is 0.184. The van der Waals surface area contributed by atoms with Crippen molar-refractivity contribution in [3.63, 3.8) is 0 Å². The summed E-state index contributed by atoms with van der Waals surface area (Å²) in [6.07, 6.45) is 8.32. The fourth-order valence-electron chi connectivity index (χ4n) is 3.54. The van der Waals surface area contributed by atoms with E-state index in [1.807, 2.05) is 0 Å². The van der Waals surface area contributed by atoms with Crippen molar-refractivity contribution < 1.29 is 9.59 Å². The van der Waals surface area contributed by atoms with Crippen LogP contribution in [-0.2, 0) is 9.59 Å². The zero-order valence-corrected chi connectivity index (χ0v) is 12.8. The van der Waals surface area contributed by atoms with Gasteiger partial charge in [0, 0.05) is 39.0 Å². The second-order valence-electron chi connectivity index (χ2n) is 5.97. The smallest absolute Gasteiger partial charge is 0.239 e. The molecule has 0 aliphatic carbocycles. The van der Waals surface area contributed by atoms with Crippen LogP contribution >= 0.6 is 0 Å². The van der Waals surface area contributed by atoms with E-state index in [1.165, 1.54) is 0 Å². The van der Waals surface area contributed by atoms with Gasteiger partial charge in [-0.3, -0.25) is 14.6 Å². The lowest BCUT2D eigenvalue weighted by molar-refractivity contribution is -0.137. The standard InChI is InChI=1S/C15H21N5O2/c1-16-13(21)10-20-14(22)3-5-15(20)4-2-8-19(11-15)12-9-17-6-7-18-12/h6-7,9H,2-5,8,10-11H2,1H3,(H,16,21). The van der Waals surface area contributed by atoms with Gasteiger partial charge in [0.1, 0.15) is 12.4 Å². The quantitative estimate of drug-likeness (QED) is 0.862. The third-order valence-corrected chi connectivity index (χ3v) is 4.69. The Morgan fingerprint density at radius 1 is 1.41 bits per heavy atom. The van der Waals surface area contributed by atoms with Gasteiger partial charge in [0.05, 0.1) is 11.7 Å². The Bertz CT molecular complexity index is 564. The van der Waals surface area contributed by atoms with Gasteiger partial charge in [0.2, 0.25) is 11.8 Å².